The molecule has 0 fully saturated rings. The Balaban J connectivity index is 2.38. The molecule has 0 aromatic rings. The maximum atomic E-state index is 12.5. The summed E-state index contributed by atoms with van der Waals surface area (Å²) in [6, 6.07) is 0. The van der Waals surface area contributed by atoms with Gasteiger partial charge >= 0.3 is 6.18 Å². The minimum atomic E-state index is -4.35. The number of hydrogen-bond donors (Lipinski definition) is 1. The van der Waals surface area contributed by atoms with Crippen LogP contribution in [0.5, 0.6) is 0 Å². The van der Waals surface area contributed by atoms with Crippen molar-refractivity contribution in [2.24, 2.45) is 0 Å². The van der Waals surface area contributed by atoms with Crippen molar-refractivity contribution in [3.8, 4) is 0 Å². The maximum Gasteiger partial charge on any atom is 0.412 e. The van der Waals surface area contributed by atoms with Gasteiger partial charge in [-0.15, -0.1) is 0 Å². The van der Waals surface area contributed by atoms with Crippen LogP contribution in [0.2, 0.25) is 0 Å². The van der Waals surface area contributed by atoms with Crippen molar-refractivity contribution < 1.29 is 21.6 Å². The number of hydrogen-bond acceptors (Lipinski definition) is 3. The van der Waals surface area contributed by atoms with Gasteiger partial charge in [0.1, 0.15) is 0 Å². The van der Waals surface area contributed by atoms with Crippen LogP contribution in [0.3, 0.4) is 0 Å². The van der Waals surface area contributed by atoms with Crippen LogP contribution in [0.25, 0.3) is 0 Å². The van der Waals surface area contributed by atoms with Crippen molar-refractivity contribution >= 4 is 10.0 Å². The zero-order valence-corrected chi connectivity index (χ0v) is 13.1. The van der Waals surface area contributed by atoms with Crippen LogP contribution in [-0.4, -0.2) is 50.8 Å². The van der Waals surface area contributed by atoms with Gasteiger partial charge in [-0.3, -0.25) is 0 Å². The molecule has 0 saturated carbocycles. The average molecular weight is 328 g/mol. The van der Waals surface area contributed by atoms with E-state index in [4.69, 9.17) is 0 Å². The van der Waals surface area contributed by atoms with Crippen molar-refractivity contribution in [1.82, 2.24) is 9.62 Å². The molecular formula is C13H23F3N2O2S. The molecule has 8 heteroatoms. The van der Waals surface area contributed by atoms with Gasteiger partial charge in [0.05, 0.1) is 5.75 Å². The molecule has 0 aliphatic carbocycles. The zero-order valence-electron chi connectivity index (χ0n) is 12.2. The highest BCUT2D eigenvalue weighted by atomic mass is 32.2. The smallest absolute Gasteiger partial charge is 0.317 e. The van der Waals surface area contributed by atoms with Crippen LogP contribution in [0, 0.1) is 0 Å². The number of unbranched alkanes of at least 4 members (excludes halogenated alkanes) is 1. The SMILES string of the molecule is CCCNCCCCS(=O)(=O)N1CC=C(C(F)(F)F)CC1. The van der Waals surface area contributed by atoms with Gasteiger partial charge in [0.15, 0.2) is 0 Å². The third-order valence-electron chi connectivity index (χ3n) is 3.36. The van der Waals surface area contributed by atoms with Gasteiger partial charge in [0, 0.05) is 18.7 Å². The van der Waals surface area contributed by atoms with E-state index in [9.17, 15) is 21.6 Å². The van der Waals surface area contributed by atoms with Crippen molar-refractivity contribution in [2.75, 3.05) is 31.9 Å². The Labute approximate surface area is 124 Å². The minimum Gasteiger partial charge on any atom is -0.317 e. The summed E-state index contributed by atoms with van der Waals surface area (Å²) in [4.78, 5) is 0. The number of rotatable bonds is 8. The fraction of sp³-hybridized carbons (Fsp3) is 0.846. The second-order valence-corrected chi connectivity index (χ2v) is 7.20. The molecule has 0 aromatic carbocycles. The Kier molecular flexibility index (Phi) is 7.15. The lowest BCUT2D eigenvalue weighted by atomic mass is 10.1. The zero-order chi connectivity index (χ0) is 15.9. The summed E-state index contributed by atoms with van der Waals surface area (Å²) in [5.74, 6) is -0.00397. The Morgan fingerprint density at radius 1 is 1.29 bits per heavy atom. The molecule has 1 heterocycles. The largest absolute Gasteiger partial charge is 0.412 e. The van der Waals surface area contributed by atoms with Gasteiger partial charge in [-0.25, -0.2) is 8.42 Å². The quantitative estimate of drug-likeness (QED) is 0.549. The summed E-state index contributed by atoms with van der Waals surface area (Å²) < 4.78 is 62.6. The molecule has 0 radical (unpaired) electrons. The molecule has 21 heavy (non-hydrogen) atoms. The van der Waals surface area contributed by atoms with E-state index < -0.39 is 21.8 Å². The highest BCUT2D eigenvalue weighted by molar-refractivity contribution is 7.89. The van der Waals surface area contributed by atoms with E-state index in [1.165, 1.54) is 0 Å². The standard InChI is InChI=1S/C13H23F3N2O2S/c1-2-7-17-8-3-4-11-21(19,20)18-9-5-12(6-10-18)13(14,15)16/h5,17H,2-4,6-11H2,1H3. The molecule has 0 spiro atoms. The lowest BCUT2D eigenvalue weighted by molar-refractivity contribution is -0.0953. The predicted octanol–water partition coefficient (Wildman–Crippen LogP) is 2.29. The molecule has 4 nitrogen and oxygen atoms in total. The summed E-state index contributed by atoms with van der Waals surface area (Å²) in [6.45, 7) is 3.47. The number of nitrogens with one attached hydrogen (secondary N) is 1. The van der Waals surface area contributed by atoms with E-state index in [-0.39, 0.29) is 25.3 Å². The maximum absolute atomic E-state index is 12.5. The minimum absolute atomic E-state index is 0.00397. The molecule has 1 rings (SSSR count). The van der Waals surface area contributed by atoms with E-state index in [0.717, 1.165) is 36.3 Å². The first-order valence-electron chi connectivity index (χ1n) is 7.22. The third-order valence-corrected chi connectivity index (χ3v) is 5.29. The van der Waals surface area contributed by atoms with Crippen LogP contribution in [0.15, 0.2) is 11.6 Å². The van der Waals surface area contributed by atoms with E-state index in [1.807, 2.05) is 0 Å². The lowest BCUT2D eigenvalue weighted by Crippen LogP contribution is -2.38. The topological polar surface area (TPSA) is 49.4 Å². The van der Waals surface area contributed by atoms with Crippen molar-refractivity contribution in [1.29, 1.82) is 0 Å². The van der Waals surface area contributed by atoms with E-state index >= 15 is 0 Å². The Bertz CT molecular complexity index is 447. The predicted molar refractivity (Wildman–Crippen MR) is 76.5 cm³/mol. The first-order chi connectivity index (χ1) is 9.77. The molecule has 0 saturated heterocycles. The van der Waals surface area contributed by atoms with Crippen molar-refractivity contribution in [2.45, 2.75) is 38.8 Å². The van der Waals surface area contributed by atoms with Crippen LogP contribution in [0.1, 0.15) is 32.6 Å². The summed E-state index contributed by atoms with van der Waals surface area (Å²) in [6.07, 6.45) is -1.34. The van der Waals surface area contributed by atoms with Gasteiger partial charge < -0.3 is 5.32 Å². The molecule has 0 bridgehead atoms. The number of alkyl halides is 3. The molecule has 0 amide bonds. The Morgan fingerprint density at radius 2 is 2.00 bits per heavy atom. The molecular weight excluding hydrogens is 305 g/mol. The number of halogens is 3. The van der Waals surface area contributed by atoms with Gasteiger partial charge in [-0.05, 0) is 38.8 Å². The lowest BCUT2D eigenvalue weighted by Gasteiger charge is -2.26. The van der Waals surface area contributed by atoms with Crippen LogP contribution in [0.4, 0.5) is 13.2 Å². The third kappa shape index (κ3) is 6.36. The van der Waals surface area contributed by atoms with E-state index in [2.05, 4.69) is 12.2 Å². The van der Waals surface area contributed by atoms with Crippen molar-refractivity contribution in [3.05, 3.63) is 11.6 Å². The molecule has 124 valence electrons. The summed E-state index contributed by atoms with van der Waals surface area (Å²) in [7, 11) is -3.45. The van der Waals surface area contributed by atoms with Gasteiger partial charge in [0.2, 0.25) is 10.0 Å². The second-order valence-electron chi connectivity index (χ2n) is 5.11. The second kappa shape index (κ2) is 8.14. The summed E-state index contributed by atoms with van der Waals surface area (Å²) in [5, 5.41) is 3.18. The van der Waals surface area contributed by atoms with E-state index in [0.29, 0.717) is 6.42 Å². The number of sulfonamides is 1. The van der Waals surface area contributed by atoms with Crippen LogP contribution < -0.4 is 5.32 Å². The van der Waals surface area contributed by atoms with Crippen molar-refractivity contribution in [3.63, 3.8) is 0 Å². The molecule has 0 aromatic heterocycles. The Hall–Kier alpha value is -0.600. The first kappa shape index (κ1) is 18.4. The van der Waals surface area contributed by atoms with E-state index in [1.54, 1.807) is 0 Å². The average Bonchev–Trinajstić information content (AvgIpc) is 2.42. The fourth-order valence-corrected chi connectivity index (χ4v) is 3.62. The van der Waals surface area contributed by atoms with Gasteiger partial charge in [-0.1, -0.05) is 13.0 Å². The molecule has 1 N–H and O–H groups in total. The summed E-state index contributed by atoms with van der Waals surface area (Å²) in [5.41, 5.74) is -0.627. The van der Waals surface area contributed by atoms with Gasteiger partial charge in [0.25, 0.3) is 0 Å². The van der Waals surface area contributed by atoms with Crippen LogP contribution >= 0.6 is 0 Å². The highest BCUT2D eigenvalue weighted by Gasteiger charge is 2.36. The Morgan fingerprint density at radius 3 is 2.52 bits per heavy atom. The molecule has 1 aliphatic heterocycles. The molecule has 1 aliphatic rings. The first-order valence-corrected chi connectivity index (χ1v) is 8.83. The molecule has 0 atom stereocenters. The molecule has 0 unspecified atom stereocenters. The van der Waals surface area contributed by atoms with Gasteiger partial charge in [-0.2, -0.15) is 17.5 Å². The monoisotopic (exact) mass is 328 g/mol. The normalized spacial score (nSPS) is 17.8. The fourth-order valence-electron chi connectivity index (χ4n) is 2.13. The highest BCUT2D eigenvalue weighted by Crippen LogP contribution is 2.30. The summed E-state index contributed by atoms with van der Waals surface area (Å²) >= 11 is 0. The number of nitrogens with zero attached hydrogens (tertiary/aromatic N) is 1. The van der Waals surface area contributed by atoms with Crippen LogP contribution in [-0.2, 0) is 10.0 Å².